The van der Waals surface area contributed by atoms with E-state index in [4.69, 9.17) is 0 Å². The highest BCUT2D eigenvalue weighted by molar-refractivity contribution is 5.97. The van der Waals surface area contributed by atoms with Crippen LogP contribution in [-0.2, 0) is 17.9 Å². The number of aryl methyl sites for hydroxylation is 1. The van der Waals surface area contributed by atoms with Gasteiger partial charge in [-0.2, -0.15) is 0 Å². The number of hydrogen-bond donors (Lipinski definition) is 2. The van der Waals surface area contributed by atoms with E-state index in [1.54, 1.807) is 13.4 Å². The SMILES string of the molecule is CNC(=O)C(NC(=O)c1ncn2c1CN(C)CCC2)C(C)(C)C. The summed E-state index contributed by atoms with van der Waals surface area (Å²) in [5.74, 6) is -0.495. The van der Waals surface area contributed by atoms with Gasteiger partial charge < -0.3 is 20.1 Å². The van der Waals surface area contributed by atoms with Gasteiger partial charge in [-0.25, -0.2) is 4.98 Å². The zero-order valence-electron chi connectivity index (χ0n) is 14.6. The quantitative estimate of drug-likeness (QED) is 0.855. The van der Waals surface area contributed by atoms with Gasteiger partial charge in [0.15, 0.2) is 5.69 Å². The number of fused-ring (bicyclic) bond motifs is 1. The highest BCUT2D eigenvalue weighted by Crippen LogP contribution is 2.21. The molecule has 1 aromatic rings. The molecule has 2 heterocycles. The van der Waals surface area contributed by atoms with Crippen LogP contribution < -0.4 is 10.6 Å². The molecular formula is C16H27N5O2. The maximum atomic E-state index is 12.7. The Balaban J connectivity index is 2.24. The average molecular weight is 321 g/mol. The first-order valence-electron chi connectivity index (χ1n) is 7.99. The number of aromatic nitrogens is 2. The van der Waals surface area contributed by atoms with Gasteiger partial charge in [0.2, 0.25) is 5.91 Å². The molecule has 2 rings (SSSR count). The van der Waals surface area contributed by atoms with Gasteiger partial charge in [0, 0.05) is 20.1 Å². The number of nitrogens with zero attached hydrogens (tertiary/aromatic N) is 3. The highest BCUT2D eigenvalue weighted by Gasteiger charge is 2.33. The Bertz CT molecular complexity index is 588. The third-order valence-corrected chi connectivity index (χ3v) is 4.17. The number of amides is 2. The second-order valence-corrected chi connectivity index (χ2v) is 7.21. The van der Waals surface area contributed by atoms with E-state index in [9.17, 15) is 9.59 Å². The minimum Gasteiger partial charge on any atom is -0.357 e. The summed E-state index contributed by atoms with van der Waals surface area (Å²) in [6.45, 7) is 8.31. The first kappa shape index (κ1) is 17.5. The van der Waals surface area contributed by atoms with Gasteiger partial charge in [0.25, 0.3) is 5.91 Å². The van der Waals surface area contributed by atoms with E-state index in [1.807, 2.05) is 32.4 Å². The van der Waals surface area contributed by atoms with E-state index in [1.165, 1.54) is 0 Å². The predicted molar refractivity (Wildman–Crippen MR) is 88.0 cm³/mol. The number of hydrogen-bond acceptors (Lipinski definition) is 4. The Morgan fingerprint density at radius 3 is 2.61 bits per heavy atom. The molecule has 0 radical (unpaired) electrons. The molecule has 1 atom stereocenters. The fourth-order valence-corrected chi connectivity index (χ4v) is 2.82. The Morgan fingerprint density at radius 2 is 2.00 bits per heavy atom. The third-order valence-electron chi connectivity index (χ3n) is 4.17. The fraction of sp³-hybridized carbons (Fsp3) is 0.688. The molecular weight excluding hydrogens is 294 g/mol. The molecule has 0 aromatic carbocycles. The van der Waals surface area contributed by atoms with Crippen molar-refractivity contribution in [1.29, 1.82) is 0 Å². The minimum atomic E-state index is -0.610. The molecule has 1 unspecified atom stereocenters. The number of likely N-dealkylation sites (N-methyl/N-ethyl adjacent to an activating group) is 1. The molecule has 7 heteroatoms. The summed E-state index contributed by atoms with van der Waals surface area (Å²) in [7, 11) is 3.61. The normalized spacial score (nSPS) is 17.1. The lowest BCUT2D eigenvalue weighted by atomic mass is 9.86. The van der Waals surface area contributed by atoms with Crippen molar-refractivity contribution in [2.45, 2.75) is 46.3 Å². The summed E-state index contributed by atoms with van der Waals surface area (Å²) in [4.78, 5) is 31.3. The molecule has 128 valence electrons. The molecule has 0 saturated carbocycles. The maximum Gasteiger partial charge on any atom is 0.272 e. The Morgan fingerprint density at radius 1 is 1.30 bits per heavy atom. The lowest BCUT2D eigenvalue weighted by Crippen LogP contribution is -2.53. The molecule has 0 aliphatic carbocycles. The Kier molecular flexibility index (Phi) is 5.09. The summed E-state index contributed by atoms with van der Waals surface area (Å²) in [6.07, 6.45) is 2.75. The van der Waals surface area contributed by atoms with E-state index >= 15 is 0 Å². The van der Waals surface area contributed by atoms with Gasteiger partial charge >= 0.3 is 0 Å². The van der Waals surface area contributed by atoms with Crippen molar-refractivity contribution in [2.24, 2.45) is 5.41 Å². The molecule has 2 N–H and O–H groups in total. The van der Waals surface area contributed by atoms with Gasteiger partial charge in [-0.15, -0.1) is 0 Å². The van der Waals surface area contributed by atoms with Gasteiger partial charge in [-0.3, -0.25) is 9.59 Å². The predicted octanol–water partition coefficient (Wildman–Crippen LogP) is 0.609. The zero-order chi connectivity index (χ0) is 17.2. The Hall–Kier alpha value is -1.89. The van der Waals surface area contributed by atoms with E-state index in [2.05, 4.69) is 20.5 Å². The van der Waals surface area contributed by atoms with Crippen molar-refractivity contribution in [1.82, 2.24) is 25.1 Å². The van der Waals surface area contributed by atoms with Gasteiger partial charge in [-0.1, -0.05) is 20.8 Å². The number of nitrogens with one attached hydrogen (secondary N) is 2. The van der Waals surface area contributed by atoms with Gasteiger partial charge in [-0.05, 0) is 25.4 Å². The number of imidazole rings is 1. The van der Waals surface area contributed by atoms with E-state index < -0.39 is 6.04 Å². The molecule has 0 spiro atoms. The molecule has 0 fully saturated rings. The molecule has 1 aromatic heterocycles. The van der Waals surface area contributed by atoms with Crippen molar-refractivity contribution in [2.75, 3.05) is 20.6 Å². The molecule has 0 bridgehead atoms. The van der Waals surface area contributed by atoms with E-state index in [0.29, 0.717) is 12.2 Å². The standard InChI is InChI=1S/C16H27N5O2/c1-16(2,3)13(15(23)17-4)19-14(22)12-11-9-20(5)7-6-8-21(11)10-18-12/h10,13H,6-9H2,1-5H3,(H,17,23)(H,19,22). The first-order valence-corrected chi connectivity index (χ1v) is 7.99. The van der Waals surface area contributed by atoms with Crippen molar-refractivity contribution in [3.05, 3.63) is 17.7 Å². The molecule has 0 saturated heterocycles. The largest absolute Gasteiger partial charge is 0.357 e. The average Bonchev–Trinajstić information content (AvgIpc) is 2.76. The topological polar surface area (TPSA) is 79.3 Å². The van der Waals surface area contributed by atoms with Crippen LogP contribution in [0, 0.1) is 5.41 Å². The summed E-state index contributed by atoms with van der Waals surface area (Å²) in [5, 5.41) is 5.46. The van der Waals surface area contributed by atoms with E-state index in [0.717, 1.165) is 25.2 Å². The van der Waals surface area contributed by atoms with Crippen LogP contribution in [0.2, 0.25) is 0 Å². The third kappa shape index (κ3) is 3.90. The molecule has 1 aliphatic rings. The molecule has 23 heavy (non-hydrogen) atoms. The monoisotopic (exact) mass is 321 g/mol. The number of carbonyl (C=O) groups excluding carboxylic acids is 2. The van der Waals surface area contributed by atoms with Crippen LogP contribution in [0.15, 0.2) is 6.33 Å². The van der Waals surface area contributed by atoms with Gasteiger partial charge in [0.1, 0.15) is 6.04 Å². The van der Waals surface area contributed by atoms with E-state index in [-0.39, 0.29) is 17.2 Å². The van der Waals surface area contributed by atoms with Crippen LogP contribution in [0.4, 0.5) is 0 Å². The lowest BCUT2D eigenvalue weighted by Gasteiger charge is -2.29. The van der Waals surface area contributed by atoms with Crippen molar-refractivity contribution in [3.63, 3.8) is 0 Å². The maximum absolute atomic E-state index is 12.7. The smallest absolute Gasteiger partial charge is 0.272 e. The second-order valence-electron chi connectivity index (χ2n) is 7.21. The van der Waals surface area contributed by atoms with Crippen molar-refractivity contribution >= 4 is 11.8 Å². The van der Waals surface area contributed by atoms with Crippen LogP contribution >= 0.6 is 0 Å². The second kappa shape index (κ2) is 6.70. The van der Waals surface area contributed by atoms with Crippen LogP contribution in [-0.4, -0.2) is 52.9 Å². The highest BCUT2D eigenvalue weighted by atomic mass is 16.2. The summed E-state index contributed by atoms with van der Waals surface area (Å²) >= 11 is 0. The summed E-state index contributed by atoms with van der Waals surface area (Å²) in [5.41, 5.74) is 0.937. The molecule has 2 amide bonds. The molecule has 7 nitrogen and oxygen atoms in total. The minimum absolute atomic E-state index is 0.201. The zero-order valence-corrected chi connectivity index (χ0v) is 14.6. The molecule has 1 aliphatic heterocycles. The van der Waals surface area contributed by atoms with Crippen LogP contribution in [0.3, 0.4) is 0 Å². The van der Waals surface area contributed by atoms with Gasteiger partial charge in [0.05, 0.1) is 12.0 Å². The van der Waals surface area contributed by atoms with Crippen LogP contribution in [0.5, 0.6) is 0 Å². The first-order chi connectivity index (χ1) is 10.7. The number of rotatable bonds is 3. The number of carbonyl (C=O) groups is 2. The Labute approximate surface area is 137 Å². The van der Waals surface area contributed by atoms with Crippen LogP contribution in [0.1, 0.15) is 43.4 Å². The van der Waals surface area contributed by atoms with Crippen molar-refractivity contribution in [3.8, 4) is 0 Å². The van der Waals surface area contributed by atoms with Crippen molar-refractivity contribution < 1.29 is 9.59 Å². The fourth-order valence-electron chi connectivity index (χ4n) is 2.82. The van der Waals surface area contributed by atoms with Crippen LogP contribution in [0.25, 0.3) is 0 Å². The summed E-state index contributed by atoms with van der Waals surface area (Å²) in [6, 6.07) is -0.610. The summed E-state index contributed by atoms with van der Waals surface area (Å²) < 4.78 is 2.03. The lowest BCUT2D eigenvalue weighted by molar-refractivity contribution is -0.124.